The lowest BCUT2D eigenvalue weighted by molar-refractivity contribution is 0.516. The summed E-state index contributed by atoms with van der Waals surface area (Å²) < 4.78 is 13.7. The highest BCUT2D eigenvalue weighted by molar-refractivity contribution is 7.15. The zero-order valence-corrected chi connectivity index (χ0v) is 13.2. The Kier molecular flexibility index (Phi) is 5.32. The third-order valence-electron chi connectivity index (χ3n) is 3.53. The summed E-state index contributed by atoms with van der Waals surface area (Å²) in [7, 11) is 0. The number of hydrogen-bond donors (Lipinski definition) is 1. The van der Waals surface area contributed by atoms with Crippen molar-refractivity contribution in [3.05, 3.63) is 46.6 Å². The van der Waals surface area contributed by atoms with Crippen molar-refractivity contribution in [1.82, 2.24) is 5.32 Å². The van der Waals surface area contributed by atoms with Gasteiger partial charge in [-0.3, -0.25) is 0 Å². The first-order chi connectivity index (χ1) is 9.67. The van der Waals surface area contributed by atoms with Gasteiger partial charge in [0.25, 0.3) is 0 Å². The number of benzene rings is 1. The van der Waals surface area contributed by atoms with E-state index in [1.807, 2.05) is 13.0 Å². The third-order valence-corrected chi connectivity index (χ3v) is 4.76. The van der Waals surface area contributed by atoms with Gasteiger partial charge in [0.15, 0.2) is 0 Å². The Hall–Kier alpha value is -1.19. The van der Waals surface area contributed by atoms with E-state index in [0.717, 1.165) is 35.4 Å². The van der Waals surface area contributed by atoms with Crippen LogP contribution in [0.4, 0.5) is 4.39 Å². The fourth-order valence-corrected chi connectivity index (χ4v) is 3.64. The van der Waals surface area contributed by atoms with Crippen LogP contribution in [0.15, 0.2) is 30.3 Å². The van der Waals surface area contributed by atoms with Gasteiger partial charge in [-0.15, -0.1) is 11.3 Å². The van der Waals surface area contributed by atoms with Crippen LogP contribution in [0.1, 0.15) is 43.2 Å². The molecule has 1 aromatic heterocycles. The average molecular weight is 291 g/mol. The lowest BCUT2D eigenvalue weighted by Crippen LogP contribution is -2.19. The molecule has 1 unspecified atom stereocenters. The van der Waals surface area contributed by atoms with Gasteiger partial charge in [0, 0.05) is 15.8 Å². The zero-order chi connectivity index (χ0) is 14.5. The van der Waals surface area contributed by atoms with Crippen molar-refractivity contribution >= 4 is 11.3 Å². The minimum absolute atomic E-state index is 0.130. The largest absolute Gasteiger partial charge is 0.310 e. The SMILES string of the molecule is CCCC(NCC)c1ccc(-c2cccc(F)c2C)s1. The summed E-state index contributed by atoms with van der Waals surface area (Å²) in [5, 5.41) is 3.53. The van der Waals surface area contributed by atoms with Crippen LogP contribution in [0.25, 0.3) is 10.4 Å². The molecule has 1 N–H and O–H groups in total. The van der Waals surface area contributed by atoms with Gasteiger partial charge in [0.05, 0.1) is 0 Å². The summed E-state index contributed by atoms with van der Waals surface area (Å²) >= 11 is 1.77. The molecule has 2 aromatic rings. The fourth-order valence-electron chi connectivity index (χ4n) is 2.44. The molecule has 1 nitrogen and oxygen atoms in total. The number of nitrogens with one attached hydrogen (secondary N) is 1. The topological polar surface area (TPSA) is 12.0 Å². The number of halogens is 1. The Bertz CT molecular complexity index is 556. The summed E-state index contributed by atoms with van der Waals surface area (Å²) in [5.74, 6) is -0.130. The zero-order valence-electron chi connectivity index (χ0n) is 12.4. The summed E-state index contributed by atoms with van der Waals surface area (Å²) in [5.41, 5.74) is 1.74. The Labute approximate surface area is 124 Å². The Balaban J connectivity index is 2.30. The Morgan fingerprint density at radius 1 is 1.20 bits per heavy atom. The van der Waals surface area contributed by atoms with Crippen LogP contribution >= 0.6 is 11.3 Å². The highest BCUT2D eigenvalue weighted by Gasteiger charge is 2.14. The molecule has 2 rings (SSSR count). The molecule has 1 heterocycles. The molecule has 0 aliphatic carbocycles. The molecule has 108 valence electrons. The molecule has 0 radical (unpaired) electrons. The first kappa shape index (κ1) is 15.2. The molecule has 0 fully saturated rings. The van der Waals surface area contributed by atoms with E-state index in [2.05, 4.69) is 31.3 Å². The van der Waals surface area contributed by atoms with Crippen LogP contribution in [-0.2, 0) is 0 Å². The molecule has 0 spiro atoms. The average Bonchev–Trinajstić information content (AvgIpc) is 2.91. The monoisotopic (exact) mass is 291 g/mol. The molecule has 0 aliphatic heterocycles. The van der Waals surface area contributed by atoms with E-state index in [1.54, 1.807) is 17.4 Å². The first-order valence-electron chi connectivity index (χ1n) is 7.26. The molecule has 3 heteroatoms. The van der Waals surface area contributed by atoms with E-state index < -0.39 is 0 Å². The van der Waals surface area contributed by atoms with Crippen molar-refractivity contribution in [3.8, 4) is 10.4 Å². The maximum Gasteiger partial charge on any atom is 0.126 e. The van der Waals surface area contributed by atoms with Crippen LogP contribution in [0.5, 0.6) is 0 Å². The van der Waals surface area contributed by atoms with Crippen LogP contribution < -0.4 is 5.32 Å². The van der Waals surface area contributed by atoms with Crippen molar-refractivity contribution in [2.75, 3.05) is 6.54 Å². The maximum absolute atomic E-state index is 13.7. The summed E-state index contributed by atoms with van der Waals surface area (Å²) in [6, 6.07) is 10.00. The molecule has 0 aliphatic rings. The fraction of sp³-hybridized carbons (Fsp3) is 0.412. The quantitative estimate of drug-likeness (QED) is 0.760. The number of rotatable bonds is 6. The smallest absolute Gasteiger partial charge is 0.126 e. The molecular weight excluding hydrogens is 269 g/mol. The van der Waals surface area contributed by atoms with Gasteiger partial charge in [-0.05, 0) is 49.2 Å². The molecular formula is C17H22FNS. The van der Waals surface area contributed by atoms with E-state index in [0.29, 0.717) is 6.04 Å². The van der Waals surface area contributed by atoms with Crippen molar-refractivity contribution in [2.24, 2.45) is 0 Å². The second-order valence-electron chi connectivity index (χ2n) is 5.01. The van der Waals surface area contributed by atoms with Gasteiger partial charge in [0.2, 0.25) is 0 Å². The highest BCUT2D eigenvalue weighted by Crippen LogP contribution is 2.35. The number of thiophene rings is 1. The van der Waals surface area contributed by atoms with Gasteiger partial charge >= 0.3 is 0 Å². The van der Waals surface area contributed by atoms with Gasteiger partial charge in [0.1, 0.15) is 5.82 Å². The van der Waals surface area contributed by atoms with E-state index in [1.165, 1.54) is 10.9 Å². The lowest BCUT2D eigenvalue weighted by Gasteiger charge is -2.15. The molecule has 0 bridgehead atoms. The normalized spacial score (nSPS) is 12.6. The van der Waals surface area contributed by atoms with Crippen LogP contribution in [0, 0.1) is 12.7 Å². The van der Waals surface area contributed by atoms with Gasteiger partial charge in [-0.25, -0.2) is 4.39 Å². The van der Waals surface area contributed by atoms with Crippen molar-refractivity contribution in [3.63, 3.8) is 0 Å². The molecule has 1 aromatic carbocycles. The van der Waals surface area contributed by atoms with E-state index in [9.17, 15) is 4.39 Å². The van der Waals surface area contributed by atoms with E-state index >= 15 is 0 Å². The molecule has 0 saturated carbocycles. The summed E-state index contributed by atoms with van der Waals surface area (Å²) in [4.78, 5) is 2.49. The maximum atomic E-state index is 13.7. The molecule has 1 atom stereocenters. The van der Waals surface area contributed by atoms with E-state index in [4.69, 9.17) is 0 Å². The summed E-state index contributed by atoms with van der Waals surface area (Å²) in [6.07, 6.45) is 2.29. The first-order valence-corrected chi connectivity index (χ1v) is 8.07. The van der Waals surface area contributed by atoms with Crippen molar-refractivity contribution < 1.29 is 4.39 Å². The predicted octanol–water partition coefficient (Wildman–Crippen LogP) is 5.31. The van der Waals surface area contributed by atoms with Crippen LogP contribution in [0.2, 0.25) is 0 Å². The molecule has 0 amide bonds. The minimum atomic E-state index is -0.130. The second-order valence-corrected chi connectivity index (χ2v) is 6.13. The summed E-state index contributed by atoms with van der Waals surface area (Å²) in [6.45, 7) is 7.15. The van der Waals surface area contributed by atoms with Crippen molar-refractivity contribution in [1.29, 1.82) is 0 Å². The Morgan fingerprint density at radius 3 is 2.70 bits per heavy atom. The molecule has 0 saturated heterocycles. The third kappa shape index (κ3) is 3.28. The lowest BCUT2D eigenvalue weighted by atomic mass is 10.1. The van der Waals surface area contributed by atoms with Gasteiger partial charge in [-0.2, -0.15) is 0 Å². The molecule has 20 heavy (non-hydrogen) atoms. The predicted molar refractivity (Wildman–Crippen MR) is 85.8 cm³/mol. The standard InChI is InChI=1S/C17H22FNS/c1-4-7-15(19-5-2)17-11-10-16(20-17)13-8-6-9-14(18)12(13)3/h6,8-11,15,19H,4-5,7H2,1-3H3. The van der Waals surface area contributed by atoms with Crippen molar-refractivity contribution in [2.45, 2.75) is 39.7 Å². The number of hydrogen-bond acceptors (Lipinski definition) is 2. The van der Waals surface area contributed by atoms with Gasteiger partial charge < -0.3 is 5.32 Å². The Morgan fingerprint density at radius 2 is 2.00 bits per heavy atom. The second kappa shape index (κ2) is 7.00. The minimum Gasteiger partial charge on any atom is -0.310 e. The highest BCUT2D eigenvalue weighted by atomic mass is 32.1. The van der Waals surface area contributed by atoms with Crippen LogP contribution in [0.3, 0.4) is 0 Å². The van der Waals surface area contributed by atoms with Crippen LogP contribution in [-0.4, -0.2) is 6.54 Å². The van der Waals surface area contributed by atoms with E-state index in [-0.39, 0.29) is 5.82 Å². The van der Waals surface area contributed by atoms with Gasteiger partial charge in [-0.1, -0.05) is 32.4 Å².